The number of aliphatic hydroxyl groups excluding tert-OH is 1. The fourth-order valence-corrected chi connectivity index (χ4v) is 4.90. The lowest BCUT2D eigenvalue weighted by Gasteiger charge is -2.31. The lowest BCUT2D eigenvalue weighted by Crippen LogP contribution is -2.35. The van der Waals surface area contributed by atoms with Gasteiger partial charge in [0, 0.05) is 17.8 Å². The predicted octanol–water partition coefficient (Wildman–Crippen LogP) is 4.04. The summed E-state index contributed by atoms with van der Waals surface area (Å²) in [6, 6.07) is 9.22. The summed E-state index contributed by atoms with van der Waals surface area (Å²) in [5, 5.41) is 12.3. The zero-order valence-electron chi connectivity index (χ0n) is 18.5. The van der Waals surface area contributed by atoms with E-state index < -0.39 is 21.8 Å². The van der Waals surface area contributed by atoms with E-state index in [1.165, 1.54) is 45.6 Å². The first-order valence-electron chi connectivity index (χ1n) is 10.7. The van der Waals surface area contributed by atoms with Crippen molar-refractivity contribution in [3.8, 4) is 11.5 Å². The van der Waals surface area contributed by atoms with Crippen LogP contribution >= 0.6 is 9.24 Å². The number of benzene rings is 2. The van der Waals surface area contributed by atoms with E-state index in [1.54, 1.807) is 6.92 Å². The molecule has 1 aliphatic carbocycles. The van der Waals surface area contributed by atoms with Crippen molar-refractivity contribution in [3.05, 3.63) is 42.5 Å². The van der Waals surface area contributed by atoms with Crippen molar-refractivity contribution in [2.75, 3.05) is 23.3 Å². The van der Waals surface area contributed by atoms with Crippen molar-refractivity contribution in [3.63, 3.8) is 0 Å². The van der Waals surface area contributed by atoms with E-state index in [0.717, 1.165) is 25.3 Å². The van der Waals surface area contributed by atoms with Gasteiger partial charge in [-0.05, 0) is 59.2 Å². The molecule has 3 N–H and O–H groups in total. The van der Waals surface area contributed by atoms with Crippen LogP contribution in [-0.4, -0.2) is 38.5 Å². The summed E-state index contributed by atoms with van der Waals surface area (Å²) in [4.78, 5) is 12.4. The van der Waals surface area contributed by atoms with E-state index in [9.17, 15) is 27.1 Å². The van der Waals surface area contributed by atoms with E-state index in [0.29, 0.717) is 5.69 Å². The standard InChI is InChI=1S/C22H27F2N2O6PS/c1-2-31-19-12-15(25-21(28)18(13-27)14-5-3-6-14)9-10-20(19)34(29,30)26-16-7-4-8-17(11-16)32-22(23,24)33/h4,7-12,14,18,26-27H,2-3,5-6,13,33H2,1H3,(H,25,28). The summed E-state index contributed by atoms with van der Waals surface area (Å²) < 4.78 is 64.5. The van der Waals surface area contributed by atoms with Crippen LogP contribution in [0.15, 0.2) is 47.4 Å². The summed E-state index contributed by atoms with van der Waals surface area (Å²) in [7, 11) is -2.94. The zero-order chi connectivity index (χ0) is 24.9. The molecule has 1 fully saturated rings. The summed E-state index contributed by atoms with van der Waals surface area (Å²) in [6.45, 7) is 1.57. The van der Waals surface area contributed by atoms with Gasteiger partial charge in [0.05, 0.1) is 24.8 Å². The normalized spacial score (nSPS) is 15.2. The number of hydrogen-bond acceptors (Lipinski definition) is 6. The van der Waals surface area contributed by atoms with E-state index in [-0.39, 0.29) is 47.1 Å². The molecular weight excluding hydrogens is 489 g/mol. The van der Waals surface area contributed by atoms with Crippen molar-refractivity contribution >= 4 is 36.5 Å². The van der Waals surface area contributed by atoms with Crippen LogP contribution < -0.4 is 19.5 Å². The van der Waals surface area contributed by atoms with Crippen LogP contribution in [0.25, 0.3) is 0 Å². The van der Waals surface area contributed by atoms with Crippen LogP contribution in [0.4, 0.5) is 20.2 Å². The largest absolute Gasteiger partial charge is 0.492 e. The van der Waals surface area contributed by atoms with Gasteiger partial charge < -0.3 is 19.9 Å². The van der Waals surface area contributed by atoms with E-state index in [1.807, 2.05) is 0 Å². The summed E-state index contributed by atoms with van der Waals surface area (Å²) in [5.41, 5.74) is 0.334. The Bertz CT molecular complexity index is 1120. The lowest BCUT2D eigenvalue weighted by atomic mass is 9.76. The minimum atomic E-state index is -4.18. The maximum Gasteiger partial charge on any atom is 0.408 e. The SMILES string of the molecule is CCOc1cc(NC(=O)C(CO)C2CCC2)ccc1S(=O)(=O)Nc1cccc(OC(F)(F)P)c1. The van der Waals surface area contributed by atoms with Crippen LogP contribution in [-0.2, 0) is 14.8 Å². The number of carbonyl (C=O) groups excluding carboxylic acids is 1. The van der Waals surface area contributed by atoms with Crippen LogP contribution in [0, 0.1) is 11.8 Å². The third-order valence-corrected chi connectivity index (χ3v) is 6.93. The van der Waals surface area contributed by atoms with E-state index >= 15 is 0 Å². The number of rotatable bonds is 11. The molecule has 1 saturated carbocycles. The number of hydrogen-bond donors (Lipinski definition) is 3. The van der Waals surface area contributed by atoms with Crippen LogP contribution in [0.1, 0.15) is 26.2 Å². The fraction of sp³-hybridized carbons (Fsp3) is 0.409. The molecule has 1 amide bonds. The molecule has 8 nitrogen and oxygen atoms in total. The number of amides is 1. The number of ether oxygens (including phenoxy) is 2. The Labute approximate surface area is 199 Å². The van der Waals surface area contributed by atoms with Crippen molar-refractivity contribution < 1.29 is 36.6 Å². The molecule has 12 heteroatoms. The van der Waals surface area contributed by atoms with Gasteiger partial charge in [0.1, 0.15) is 16.4 Å². The molecule has 0 bridgehead atoms. The second-order valence-corrected chi connectivity index (χ2v) is 10.2. The topological polar surface area (TPSA) is 114 Å². The van der Waals surface area contributed by atoms with Gasteiger partial charge in [0.15, 0.2) is 0 Å². The molecule has 0 aromatic heterocycles. The van der Waals surface area contributed by atoms with Crippen LogP contribution in [0.5, 0.6) is 11.5 Å². The molecule has 1 aliphatic rings. The minimum Gasteiger partial charge on any atom is -0.492 e. The van der Waals surface area contributed by atoms with Crippen molar-refractivity contribution in [1.82, 2.24) is 0 Å². The highest BCUT2D eigenvalue weighted by Gasteiger charge is 2.32. The van der Waals surface area contributed by atoms with E-state index in [2.05, 4.69) is 14.8 Å². The Balaban J connectivity index is 1.81. The Morgan fingerprint density at radius 3 is 2.56 bits per heavy atom. The molecule has 2 atom stereocenters. The fourth-order valence-electron chi connectivity index (χ4n) is 3.59. The second-order valence-electron chi connectivity index (χ2n) is 7.86. The van der Waals surface area contributed by atoms with Gasteiger partial charge >= 0.3 is 5.85 Å². The van der Waals surface area contributed by atoms with Crippen molar-refractivity contribution in [1.29, 1.82) is 0 Å². The molecule has 0 heterocycles. The van der Waals surface area contributed by atoms with Gasteiger partial charge in [-0.15, -0.1) is 0 Å². The maximum atomic E-state index is 13.1. The molecule has 2 aromatic rings. The van der Waals surface area contributed by atoms with Gasteiger partial charge in [-0.25, -0.2) is 8.42 Å². The number of alkyl halides is 2. The molecule has 2 aromatic carbocycles. The van der Waals surface area contributed by atoms with Gasteiger partial charge in [-0.3, -0.25) is 9.52 Å². The summed E-state index contributed by atoms with van der Waals surface area (Å²) in [6.07, 6.45) is 2.79. The molecular formula is C22H27F2N2O6PS. The molecule has 0 saturated heterocycles. The highest BCUT2D eigenvalue weighted by Crippen LogP contribution is 2.35. The number of carbonyl (C=O) groups is 1. The Kier molecular flexibility index (Phi) is 8.33. The molecule has 3 rings (SSSR count). The lowest BCUT2D eigenvalue weighted by molar-refractivity contribution is -0.124. The predicted molar refractivity (Wildman–Crippen MR) is 127 cm³/mol. The third-order valence-electron chi connectivity index (χ3n) is 5.39. The van der Waals surface area contributed by atoms with Crippen LogP contribution in [0.2, 0.25) is 0 Å². The Hall–Kier alpha value is -2.49. The highest BCUT2D eigenvalue weighted by molar-refractivity contribution is 7.92. The monoisotopic (exact) mass is 516 g/mol. The number of aliphatic hydroxyl groups is 1. The maximum absolute atomic E-state index is 13.1. The van der Waals surface area contributed by atoms with Gasteiger partial charge in [0.2, 0.25) is 5.91 Å². The Morgan fingerprint density at radius 2 is 1.97 bits per heavy atom. The molecule has 0 radical (unpaired) electrons. The Morgan fingerprint density at radius 1 is 1.24 bits per heavy atom. The first-order chi connectivity index (χ1) is 16.0. The molecule has 0 aliphatic heterocycles. The average molecular weight is 517 g/mol. The number of anilines is 2. The zero-order valence-corrected chi connectivity index (χ0v) is 20.4. The molecule has 0 spiro atoms. The minimum absolute atomic E-state index is 0.000823. The number of sulfonamides is 1. The molecule has 2 unspecified atom stereocenters. The number of halogens is 2. The van der Waals surface area contributed by atoms with Gasteiger partial charge in [0.25, 0.3) is 10.0 Å². The number of nitrogens with one attached hydrogen (secondary N) is 2. The first-order valence-corrected chi connectivity index (χ1v) is 12.8. The van der Waals surface area contributed by atoms with Gasteiger partial charge in [-0.2, -0.15) is 8.78 Å². The van der Waals surface area contributed by atoms with E-state index in [4.69, 9.17) is 4.74 Å². The molecule has 186 valence electrons. The average Bonchev–Trinajstić information content (AvgIpc) is 2.69. The molecule has 34 heavy (non-hydrogen) atoms. The summed E-state index contributed by atoms with van der Waals surface area (Å²) >= 11 is 0. The smallest absolute Gasteiger partial charge is 0.408 e. The second kappa shape index (κ2) is 10.8. The quantitative estimate of drug-likeness (QED) is 0.389. The third kappa shape index (κ3) is 6.77. The van der Waals surface area contributed by atoms with Crippen LogP contribution in [0.3, 0.4) is 0 Å². The highest BCUT2D eigenvalue weighted by atomic mass is 32.2. The van der Waals surface area contributed by atoms with Crippen molar-refractivity contribution in [2.24, 2.45) is 11.8 Å². The van der Waals surface area contributed by atoms with Crippen molar-refractivity contribution in [2.45, 2.75) is 36.9 Å². The first kappa shape index (κ1) is 26.1. The summed E-state index contributed by atoms with van der Waals surface area (Å²) in [5.74, 6) is -4.47. The van der Waals surface area contributed by atoms with Gasteiger partial charge in [-0.1, -0.05) is 12.5 Å².